The van der Waals surface area contributed by atoms with Gasteiger partial charge in [0, 0.05) is 35.7 Å². The highest BCUT2D eigenvalue weighted by atomic mass is 35.5. The second kappa shape index (κ2) is 8.43. The van der Waals surface area contributed by atoms with Gasteiger partial charge in [0.25, 0.3) is 0 Å². The lowest BCUT2D eigenvalue weighted by Crippen LogP contribution is -2.36. The lowest BCUT2D eigenvalue weighted by Gasteiger charge is -2.29. The SMILES string of the molecule is O=C(C=Cc1ccc(Cl)cc1)N1CCC(c2nc(-c3ccc4c(c3)OCO4)no2)CC1. The summed E-state index contributed by atoms with van der Waals surface area (Å²) in [7, 11) is 0. The van der Waals surface area contributed by atoms with Crippen molar-refractivity contribution in [3.8, 4) is 22.9 Å². The summed E-state index contributed by atoms with van der Waals surface area (Å²) in [6, 6.07) is 13.0. The number of hydrogen-bond acceptors (Lipinski definition) is 6. The lowest BCUT2D eigenvalue weighted by atomic mass is 9.96. The number of carbonyl (C=O) groups excluding carboxylic acids is 1. The number of carbonyl (C=O) groups is 1. The molecule has 3 aromatic rings. The standard InChI is InChI=1S/C23H20ClN3O4/c24-18-5-1-15(2-6-18)3-8-21(28)27-11-9-16(10-12-27)23-25-22(26-31-23)17-4-7-19-20(13-17)30-14-29-19/h1-8,13,16H,9-12,14H2. The van der Waals surface area contributed by atoms with Gasteiger partial charge in [-0.05, 0) is 54.8 Å². The lowest BCUT2D eigenvalue weighted by molar-refractivity contribution is -0.127. The summed E-state index contributed by atoms with van der Waals surface area (Å²) in [6.45, 7) is 1.52. The molecule has 1 aromatic heterocycles. The zero-order valence-corrected chi connectivity index (χ0v) is 17.4. The largest absolute Gasteiger partial charge is 0.454 e. The molecule has 2 aromatic carbocycles. The predicted molar refractivity (Wildman–Crippen MR) is 115 cm³/mol. The van der Waals surface area contributed by atoms with Crippen LogP contribution in [0, 0.1) is 0 Å². The van der Waals surface area contributed by atoms with Gasteiger partial charge < -0.3 is 18.9 Å². The van der Waals surface area contributed by atoms with Crippen molar-refractivity contribution in [1.29, 1.82) is 0 Å². The number of piperidine rings is 1. The molecule has 0 bridgehead atoms. The van der Waals surface area contributed by atoms with E-state index < -0.39 is 0 Å². The number of benzene rings is 2. The molecule has 1 amide bonds. The van der Waals surface area contributed by atoms with Crippen LogP contribution in [0.5, 0.6) is 11.5 Å². The number of likely N-dealkylation sites (tertiary alicyclic amines) is 1. The normalized spacial score (nSPS) is 16.2. The summed E-state index contributed by atoms with van der Waals surface area (Å²) in [6.07, 6.45) is 4.97. The fourth-order valence-electron chi connectivity index (χ4n) is 3.75. The van der Waals surface area contributed by atoms with E-state index in [0.717, 1.165) is 29.7 Å². The Morgan fingerprint density at radius 2 is 1.84 bits per heavy atom. The maximum atomic E-state index is 12.5. The first-order chi connectivity index (χ1) is 15.2. The molecule has 8 heteroatoms. The third-order valence-electron chi connectivity index (χ3n) is 5.52. The van der Waals surface area contributed by atoms with Crippen molar-refractivity contribution in [2.75, 3.05) is 19.9 Å². The summed E-state index contributed by atoms with van der Waals surface area (Å²) in [5.74, 6) is 2.67. The number of aromatic nitrogens is 2. The molecule has 7 nitrogen and oxygen atoms in total. The van der Waals surface area contributed by atoms with Crippen molar-refractivity contribution in [1.82, 2.24) is 15.0 Å². The average Bonchev–Trinajstić information content (AvgIpc) is 3.48. The molecule has 1 saturated heterocycles. The summed E-state index contributed by atoms with van der Waals surface area (Å²) in [5.41, 5.74) is 1.76. The summed E-state index contributed by atoms with van der Waals surface area (Å²) in [5, 5.41) is 4.80. The molecule has 0 aliphatic carbocycles. The molecule has 0 atom stereocenters. The quantitative estimate of drug-likeness (QED) is 0.558. The van der Waals surface area contributed by atoms with Gasteiger partial charge in [0.2, 0.25) is 24.4 Å². The first-order valence-electron chi connectivity index (χ1n) is 10.1. The molecule has 0 spiro atoms. The maximum Gasteiger partial charge on any atom is 0.246 e. The summed E-state index contributed by atoms with van der Waals surface area (Å²) < 4.78 is 16.3. The number of hydrogen-bond donors (Lipinski definition) is 0. The first-order valence-corrected chi connectivity index (χ1v) is 10.5. The van der Waals surface area contributed by atoms with Gasteiger partial charge in [-0.25, -0.2) is 0 Å². The molecule has 0 radical (unpaired) electrons. The van der Waals surface area contributed by atoms with Crippen molar-refractivity contribution < 1.29 is 18.8 Å². The van der Waals surface area contributed by atoms with Crippen LogP contribution in [0.3, 0.4) is 0 Å². The van der Waals surface area contributed by atoms with Gasteiger partial charge in [0.1, 0.15) is 0 Å². The summed E-state index contributed by atoms with van der Waals surface area (Å²) >= 11 is 5.89. The van der Waals surface area contributed by atoms with Crippen molar-refractivity contribution in [2.24, 2.45) is 0 Å². The zero-order valence-electron chi connectivity index (χ0n) is 16.7. The Hall–Kier alpha value is -3.32. The van der Waals surface area contributed by atoms with Crippen LogP contribution in [0.4, 0.5) is 0 Å². The van der Waals surface area contributed by atoms with Crippen LogP contribution in [0.1, 0.15) is 30.2 Å². The topological polar surface area (TPSA) is 77.7 Å². The van der Waals surface area contributed by atoms with Crippen LogP contribution >= 0.6 is 11.6 Å². The Labute approximate surface area is 184 Å². The first kappa shape index (κ1) is 19.6. The highest BCUT2D eigenvalue weighted by molar-refractivity contribution is 6.30. The third kappa shape index (κ3) is 4.27. The molecule has 31 heavy (non-hydrogen) atoms. The van der Waals surface area contributed by atoms with E-state index in [0.29, 0.717) is 35.6 Å². The van der Waals surface area contributed by atoms with Crippen LogP contribution in [-0.2, 0) is 4.79 Å². The third-order valence-corrected chi connectivity index (χ3v) is 5.77. The van der Waals surface area contributed by atoms with Crippen LogP contribution < -0.4 is 9.47 Å². The minimum atomic E-state index is -0.0000204. The van der Waals surface area contributed by atoms with Gasteiger partial charge in [-0.2, -0.15) is 4.98 Å². The van der Waals surface area contributed by atoms with Gasteiger partial charge in [-0.1, -0.05) is 28.9 Å². The van der Waals surface area contributed by atoms with E-state index in [1.165, 1.54) is 0 Å². The van der Waals surface area contributed by atoms with E-state index in [-0.39, 0.29) is 18.6 Å². The fourth-order valence-corrected chi connectivity index (χ4v) is 3.87. The smallest absolute Gasteiger partial charge is 0.246 e. The highest BCUT2D eigenvalue weighted by Gasteiger charge is 2.27. The maximum absolute atomic E-state index is 12.5. The Bertz CT molecular complexity index is 1120. The average molecular weight is 438 g/mol. The molecule has 5 rings (SSSR count). The van der Waals surface area contributed by atoms with Crippen molar-refractivity contribution in [3.05, 3.63) is 65.0 Å². The van der Waals surface area contributed by atoms with Gasteiger partial charge in [-0.3, -0.25) is 4.79 Å². The number of ether oxygens (including phenoxy) is 2. The Morgan fingerprint density at radius 3 is 2.65 bits per heavy atom. The molecule has 2 aliphatic rings. The molecule has 3 heterocycles. The van der Waals surface area contributed by atoms with Gasteiger partial charge >= 0.3 is 0 Å². The number of nitrogens with zero attached hydrogens (tertiary/aromatic N) is 3. The molecule has 158 valence electrons. The second-order valence-corrected chi connectivity index (χ2v) is 7.95. The van der Waals surface area contributed by atoms with E-state index in [1.807, 2.05) is 35.2 Å². The Balaban J connectivity index is 1.19. The van der Waals surface area contributed by atoms with Crippen LogP contribution in [-0.4, -0.2) is 40.8 Å². The number of amides is 1. The van der Waals surface area contributed by atoms with Crippen LogP contribution in [0.15, 0.2) is 53.1 Å². The molecule has 1 fully saturated rings. The molecular weight excluding hydrogens is 418 g/mol. The van der Waals surface area contributed by atoms with E-state index in [9.17, 15) is 4.79 Å². The van der Waals surface area contributed by atoms with E-state index in [4.69, 9.17) is 25.6 Å². The minimum Gasteiger partial charge on any atom is -0.454 e. The van der Waals surface area contributed by atoms with E-state index in [2.05, 4.69) is 10.1 Å². The molecular formula is C23H20ClN3O4. The minimum absolute atomic E-state index is 0.0000204. The predicted octanol–water partition coefficient (Wildman–Crippen LogP) is 4.54. The van der Waals surface area contributed by atoms with Gasteiger partial charge in [-0.15, -0.1) is 0 Å². The fraction of sp³-hybridized carbons (Fsp3) is 0.261. The van der Waals surface area contributed by atoms with Crippen LogP contribution in [0.25, 0.3) is 17.5 Å². The summed E-state index contributed by atoms with van der Waals surface area (Å²) in [4.78, 5) is 18.9. The van der Waals surface area contributed by atoms with Gasteiger partial charge in [0.15, 0.2) is 11.5 Å². The van der Waals surface area contributed by atoms with E-state index >= 15 is 0 Å². The number of fused-ring (bicyclic) bond motifs is 1. The molecule has 0 saturated carbocycles. The molecule has 0 unspecified atom stereocenters. The highest BCUT2D eigenvalue weighted by Crippen LogP contribution is 2.36. The van der Waals surface area contributed by atoms with Crippen molar-refractivity contribution in [3.63, 3.8) is 0 Å². The molecule has 2 aliphatic heterocycles. The number of halogens is 1. The van der Waals surface area contributed by atoms with Crippen molar-refractivity contribution >= 4 is 23.6 Å². The van der Waals surface area contributed by atoms with Crippen molar-refractivity contribution in [2.45, 2.75) is 18.8 Å². The monoisotopic (exact) mass is 437 g/mol. The van der Waals surface area contributed by atoms with Crippen LogP contribution in [0.2, 0.25) is 5.02 Å². The van der Waals surface area contributed by atoms with Gasteiger partial charge in [0.05, 0.1) is 0 Å². The zero-order chi connectivity index (χ0) is 21.2. The number of rotatable bonds is 4. The van der Waals surface area contributed by atoms with E-state index in [1.54, 1.807) is 24.3 Å². The second-order valence-electron chi connectivity index (χ2n) is 7.51. The Morgan fingerprint density at radius 1 is 1.06 bits per heavy atom. The molecule has 0 N–H and O–H groups in total. The Kier molecular flexibility index (Phi) is 5.34.